The third kappa shape index (κ3) is 7.37. The zero-order valence-corrected chi connectivity index (χ0v) is 19.6. The summed E-state index contributed by atoms with van der Waals surface area (Å²) in [6, 6.07) is 21.9. The van der Waals surface area contributed by atoms with Crippen LogP contribution in [0.5, 0.6) is 0 Å². The summed E-state index contributed by atoms with van der Waals surface area (Å²) in [4.78, 5) is 0. The Labute approximate surface area is 188 Å². The van der Waals surface area contributed by atoms with Crippen molar-refractivity contribution in [3.63, 3.8) is 0 Å². The van der Waals surface area contributed by atoms with Gasteiger partial charge in [-0.2, -0.15) is 10.5 Å². The smallest absolute Gasteiger partial charge is 0.102 e. The highest BCUT2D eigenvalue weighted by atomic mass is 32.2. The van der Waals surface area contributed by atoms with Crippen LogP contribution in [0.1, 0.15) is 44.4 Å². The molecule has 6 heteroatoms. The summed E-state index contributed by atoms with van der Waals surface area (Å²) in [6.07, 6.45) is 0. The van der Waals surface area contributed by atoms with Crippen molar-refractivity contribution < 1.29 is 0 Å². The van der Waals surface area contributed by atoms with Crippen molar-refractivity contribution in [1.82, 2.24) is 0 Å². The summed E-state index contributed by atoms with van der Waals surface area (Å²) < 4.78 is 0.855. The van der Waals surface area contributed by atoms with Crippen molar-refractivity contribution in [1.29, 1.82) is 10.5 Å². The molecule has 0 saturated carbocycles. The Kier molecular flexibility index (Phi) is 9.33. The Hall–Kier alpha value is -1.70. The van der Waals surface area contributed by atoms with Crippen molar-refractivity contribution in [3.8, 4) is 12.1 Å². The van der Waals surface area contributed by atoms with Gasteiger partial charge in [0.1, 0.15) is 4.75 Å². The van der Waals surface area contributed by atoms with Gasteiger partial charge in [0.15, 0.2) is 0 Å². The number of thiol groups is 1. The topological polar surface area (TPSA) is 47.6 Å². The maximum Gasteiger partial charge on any atom is 0.102 e. The third-order valence-electron chi connectivity index (χ3n) is 3.74. The molecule has 0 unspecified atom stereocenters. The molecule has 0 fully saturated rings. The van der Waals surface area contributed by atoms with Gasteiger partial charge in [-0.3, -0.25) is 0 Å². The first-order valence-corrected chi connectivity index (χ1v) is 10.6. The summed E-state index contributed by atoms with van der Waals surface area (Å²) >= 11 is 15.8. The average molecular weight is 443 g/mol. The van der Waals surface area contributed by atoms with Crippen molar-refractivity contribution in [2.75, 3.05) is 0 Å². The van der Waals surface area contributed by atoms with Crippen LogP contribution in [0.15, 0.2) is 54.6 Å². The van der Waals surface area contributed by atoms with E-state index < -0.39 is 10.2 Å². The van der Waals surface area contributed by atoms with E-state index in [-0.39, 0.29) is 0 Å². The normalized spacial score (nSPS) is 10.7. The van der Waals surface area contributed by atoms with Crippen LogP contribution < -0.4 is 0 Å². The molecule has 0 heterocycles. The highest BCUT2D eigenvalue weighted by Gasteiger charge is 2.23. The quantitative estimate of drug-likeness (QED) is 0.433. The zero-order chi connectivity index (χ0) is 21.4. The predicted molar refractivity (Wildman–Crippen MR) is 131 cm³/mol. The Bertz CT molecular complexity index is 920. The number of thiocarbonyl (C=S) groups is 2. The van der Waals surface area contributed by atoms with Gasteiger partial charge in [-0.25, -0.2) is 0 Å². The van der Waals surface area contributed by atoms with E-state index >= 15 is 0 Å². The fraction of sp³-hybridized carbons (Fsp3) is 0.273. The van der Waals surface area contributed by atoms with Crippen molar-refractivity contribution in [2.45, 2.75) is 37.9 Å². The summed E-state index contributed by atoms with van der Waals surface area (Å²) in [7, 11) is 0. The van der Waals surface area contributed by atoms with Crippen LogP contribution >= 0.6 is 48.8 Å². The van der Waals surface area contributed by atoms with Crippen molar-refractivity contribution >= 4 is 57.2 Å². The molecule has 0 aliphatic carbocycles. The molecule has 0 spiro atoms. The molecule has 0 N–H and O–H groups in total. The zero-order valence-electron chi connectivity index (χ0n) is 16.3. The Morgan fingerprint density at radius 1 is 0.893 bits per heavy atom. The molecule has 0 radical (unpaired) electrons. The van der Waals surface area contributed by atoms with Gasteiger partial charge in [0.2, 0.25) is 0 Å². The van der Waals surface area contributed by atoms with Gasteiger partial charge in [-0.05, 0) is 38.8 Å². The number of rotatable bonds is 4. The summed E-state index contributed by atoms with van der Waals surface area (Å²) in [5.74, 6) is 0. The van der Waals surface area contributed by atoms with Crippen LogP contribution in [0, 0.1) is 22.7 Å². The molecule has 2 aromatic carbocycles. The fourth-order valence-corrected chi connectivity index (χ4v) is 4.06. The molecule has 0 aliphatic rings. The Balaban J connectivity index is 0.000000280. The highest BCUT2D eigenvalue weighted by Crippen LogP contribution is 2.28. The van der Waals surface area contributed by atoms with Crippen LogP contribution in [-0.2, 0) is 5.41 Å². The molecular weight excluding hydrogens is 421 g/mol. The molecule has 0 saturated heterocycles. The van der Waals surface area contributed by atoms with Crippen LogP contribution in [0.2, 0.25) is 0 Å². The average Bonchev–Trinajstić information content (AvgIpc) is 2.68. The molecule has 0 amide bonds. The maximum atomic E-state index is 9.04. The minimum absolute atomic E-state index is 0.451. The van der Waals surface area contributed by atoms with Crippen LogP contribution in [0.4, 0.5) is 0 Å². The van der Waals surface area contributed by atoms with Crippen LogP contribution in [-0.4, -0.2) is 13.1 Å². The number of nitrogens with zero attached hydrogens (tertiary/aromatic N) is 2. The Morgan fingerprint density at radius 2 is 1.43 bits per heavy atom. The van der Waals surface area contributed by atoms with Gasteiger partial charge in [0.25, 0.3) is 0 Å². The van der Waals surface area contributed by atoms with E-state index in [9.17, 15) is 0 Å². The highest BCUT2D eigenvalue weighted by molar-refractivity contribution is 8.24. The van der Waals surface area contributed by atoms with E-state index in [0.717, 1.165) is 20.9 Å². The van der Waals surface area contributed by atoms with Crippen molar-refractivity contribution in [2.24, 2.45) is 0 Å². The van der Waals surface area contributed by atoms with E-state index in [0.29, 0.717) is 4.20 Å². The first-order valence-electron chi connectivity index (χ1n) is 8.48. The lowest BCUT2D eigenvalue weighted by Gasteiger charge is -2.19. The number of nitriles is 2. The van der Waals surface area contributed by atoms with E-state index in [4.69, 9.17) is 35.0 Å². The SMILES string of the molecule is CC(C)(C#N)SC(=S)c1ccccc1.CC(C)(C#N)c1ccccc1C(=S)S. The minimum atomic E-state index is -0.524. The second kappa shape index (κ2) is 10.7. The van der Waals surface area contributed by atoms with E-state index in [1.54, 1.807) is 0 Å². The summed E-state index contributed by atoms with van der Waals surface area (Å²) in [5, 5.41) is 17.9. The van der Waals surface area contributed by atoms with E-state index in [2.05, 4.69) is 24.8 Å². The lowest BCUT2D eigenvalue weighted by molar-refractivity contribution is 0.686. The van der Waals surface area contributed by atoms with E-state index in [1.165, 1.54) is 11.8 Å². The molecule has 2 nitrogen and oxygen atoms in total. The molecule has 144 valence electrons. The number of benzene rings is 2. The molecule has 0 atom stereocenters. The van der Waals surface area contributed by atoms with E-state index in [1.807, 2.05) is 82.3 Å². The monoisotopic (exact) mass is 442 g/mol. The maximum absolute atomic E-state index is 9.04. The molecule has 0 aliphatic heterocycles. The Morgan fingerprint density at radius 3 is 1.93 bits per heavy atom. The lowest BCUT2D eigenvalue weighted by Crippen LogP contribution is -2.17. The van der Waals surface area contributed by atoms with Gasteiger partial charge in [0.05, 0.1) is 25.9 Å². The second-order valence-electron chi connectivity index (χ2n) is 6.97. The molecule has 2 rings (SSSR count). The van der Waals surface area contributed by atoms with Gasteiger partial charge in [0, 0.05) is 5.56 Å². The third-order valence-corrected chi connectivity index (χ3v) is 5.71. The molecule has 0 bridgehead atoms. The summed E-state index contributed by atoms with van der Waals surface area (Å²) in [5.41, 5.74) is 2.29. The van der Waals surface area contributed by atoms with Crippen LogP contribution in [0.3, 0.4) is 0 Å². The molecule has 2 aromatic rings. The molecule has 0 aromatic heterocycles. The standard InChI is InChI=1S/2C11H11NS2/c1-11(2,7-12)9-6-4-3-5-8(9)10(13)14;1-11(2,8-12)14-10(13)9-6-4-3-5-7-9/h3-6H,1-2H3,(H,13,14);3-7H,1-2H3. The number of thioether (sulfide) groups is 1. The van der Waals surface area contributed by atoms with Gasteiger partial charge in [-0.15, -0.1) is 12.6 Å². The minimum Gasteiger partial charge on any atom is -0.197 e. The second-order valence-corrected chi connectivity index (χ2v) is 10.4. The van der Waals surface area contributed by atoms with Crippen LogP contribution in [0.25, 0.3) is 0 Å². The fourth-order valence-electron chi connectivity index (χ4n) is 2.16. The number of hydrogen-bond acceptors (Lipinski definition) is 5. The molecular formula is C22H22N2S4. The van der Waals surface area contributed by atoms with Gasteiger partial charge < -0.3 is 0 Å². The number of hydrogen-bond donors (Lipinski definition) is 1. The summed E-state index contributed by atoms with van der Waals surface area (Å²) in [6.45, 7) is 7.48. The first-order chi connectivity index (χ1) is 13.0. The largest absolute Gasteiger partial charge is 0.197 e. The van der Waals surface area contributed by atoms with Gasteiger partial charge >= 0.3 is 0 Å². The lowest BCUT2D eigenvalue weighted by atomic mass is 9.83. The molecule has 28 heavy (non-hydrogen) atoms. The predicted octanol–water partition coefficient (Wildman–Crippen LogP) is 6.49. The van der Waals surface area contributed by atoms with Crippen molar-refractivity contribution in [3.05, 3.63) is 71.3 Å². The first kappa shape index (κ1) is 24.3. The van der Waals surface area contributed by atoms with Gasteiger partial charge in [-0.1, -0.05) is 90.8 Å².